The van der Waals surface area contributed by atoms with E-state index in [-0.39, 0.29) is 0 Å². The van der Waals surface area contributed by atoms with Gasteiger partial charge in [0.2, 0.25) is 17.8 Å². The molecular weight excluding hydrogens is 266 g/mol. The predicted octanol–water partition coefficient (Wildman–Crippen LogP) is 0.584. The van der Waals surface area contributed by atoms with E-state index in [1.807, 2.05) is 19.0 Å². The Bertz CT molecular complexity index is 484. The normalized spacial score (nSPS) is 23.5. The van der Waals surface area contributed by atoms with Crippen LogP contribution in [0.5, 0.6) is 0 Å². The zero-order chi connectivity index (χ0) is 14.8. The van der Waals surface area contributed by atoms with Crippen LogP contribution < -0.4 is 15.5 Å². The first-order valence-corrected chi connectivity index (χ1v) is 7.81. The first kappa shape index (κ1) is 14.3. The maximum atomic E-state index is 5.82. The van der Waals surface area contributed by atoms with Crippen molar-refractivity contribution >= 4 is 17.8 Å². The van der Waals surface area contributed by atoms with Crippen LogP contribution in [-0.2, 0) is 0 Å². The van der Waals surface area contributed by atoms with Gasteiger partial charge < -0.3 is 15.5 Å². The van der Waals surface area contributed by atoms with Gasteiger partial charge in [0.25, 0.3) is 0 Å². The van der Waals surface area contributed by atoms with E-state index in [9.17, 15) is 0 Å². The Balaban J connectivity index is 1.70. The summed E-state index contributed by atoms with van der Waals surface area (Å²) in [6, 6.07) is 0.631. The Morgan fingerprint density at radius 3 is 2.52 bits per heavy atom. The molecule has 0 saturated carbocycles. The van der Waals surface area contributed by atoms with Crippen LogP contribution in [0.15, 0.2) is 0 Å². The third kappa shape index (κ3) is 3.18. The van der Waals surface area contributed by atoms with Crippen molar-refractivity contribution in [1.29, 1.82) is 0 Å². The molecule has 0 radical (unpaired) electrons. The molecule has 1 aromatic rings. The van der Waals surface area contributed by atoms with Gasteiger partial charge in [-0.2, -0.15) is 15.0 Å². The molecule has 1 atom stereocenters. The lowest BCUT2D eigenvalue weighted by atomic mass is 10.1. The lowest BCUT2D eigenvalue weighted by molar-refractivity contribution is 0.174. The number of nitrogens with two attached hydrogens (primary N) is 1. The molecule has 0 spiro atoms. The monoisotopic (exact) mass is 291 g/mol. The Kier molecular flexibility index (Phi) is 4.10. The highest BCUT2D eigenvalue weighted by molar-refractivity contribution is 5.43. The van der Waals surface area contributed by atoms with Crippen molar-refractivity contribution in [2.45, 2.75) is 31.7 Å². The summed E-state index contributed by atoms with van der Waals surface area (Å²) in [5, 5.41) is 0. The van der Waals surface area contributed by atoms with Gasteiger partial charge in [-0.25, -0.2) is 0 Å². The maximum Gasteiger partial charge on any atom is 0.232 e. The van der Waals surface area contributed by atoms with Crippen LogP contribution in [0.4, 0.5) is 17.8 Å². The fourth-order valence-corrected chi connectivity index (χ4v) is 3.22. The predicted molar refractivity (Wildman–Crippen MR) is 84.6 cm³/mol. The number of hydrogen-bond acceptors (Lipinski definition) is 7. The van der Waals surface area contributed by atoms with Crippen molar-refractivity contribution in [1.82, 2.24) is 19.9 Å². The van der Waals surface area contributed by atoms with Crippen LogP contribution in [0.25, 0.3) is 0 Å². The Labute approximate surface area is 126 Å². The number of nitrogen functional groups attached to an aromatic ring is 1. The first-order valence-electron chi connectivity index (χ1n) is 7.81. The average Bonchev–Trinajstić information content (AvgIpc) is 2.97. The summed E-state index contributed by atoms with van der Waals surface area (Å²) in [6.45, 7) is 4.47. The molecule has 0 aliphatic carbocycles. The van der Waals surface area contributed by atoms with Gasteiger partial charge in [0.15, 0.2) is 0 Å². The fourth-order valence-electron chi connectivity index (χ4n) is 3.22. The molecule has 0 aromatic carbocycles. The Morgan fingerprint density at radius 2 is 1.81 bits per heavy atom. The number of anilines is 3. The molecule has 0 amide bonds. The van der Waals surface area contributed by atoms with Crippen molar-refractivity contribution in [2.24, 2.45) is 0 Å². The van der Waals surface area contributed by atoms with Gasteiger partial charge >= 0.3 is 0 Å². The summed E-state index contributed by atoms with van der Waals surface area (Å²) >= 11 is 0. The standard InChI is InChI=1S/C14H25N7/c1-19(2)13-16-12(15)17-14(18-13)21-9-6-11(10-21)20-7-4-3-5-8-20/h11H,3-10H2,1-2H3,(H2,15,16,17,18). The molecule has 2 aliphatic heterocycles. The third-order valence-corrected chi connectivity index (χ3v) is 4.38. The number of hydrogen-bond donors (Lipinski definition) is 1. The number of likely N-dealkylation sites (tertiary alicyclic amines) is 1. The van der Waals surface area contributed by atoms with Crippen LogP contribution in [0.2, 0.25) is 0 Å². The van der Waals surface area contributed by atoms with Crippen molar-refractivity contribution in [3.05, 3.63) is 0 Å². The van der Waals surface area contributed by atoms with E-state index < -0.39 is 0 Å². The zero-order valence-corrected chi connectivity index (χ0v) is 13.0. The quantitative estimate of drug-likeness (QED) is 0.873. The molecule has 1 unspecified atom stereocenters. The molecule has 0 bridgehead atoms. The van der Waals surface area contributed by atoms with E-state index in [0.29, 0.717) is 23.9 Å². The summed E-state index contributed by atoms with van der Waals surface area (Å²) in [6.07, 6.45) is 5.23. The fraction of sp³-hybridized carbons (Fsp3) is 0.786. The molecule has 2 fully saturated rings. The highest BCUT2D eigenvalue weighted by atomic mass is 15.4. The summed E-state index contributed by atoms with van der Waals surface area (Å²) in [7, 11) is 3.83. The second-order valence-electron chi connectivity index (χ2n) is 6.17. The lowest BCUT2D eigenvalue weighted by Gasteiger charge is -2.32. The van der Waals surface area contributed by atoms with Gasteiger partial charge in [0, 0.05) is 33.2 Å². The zero-order valence-electron chi connectivity index (χ0n) is 13.0. The minimum atomic E-state index is 0.296. The summed E-state index contributed by atoms with van der Waals surface area (Å²) < 4.78 is 0. The van der Waals surface area contributed by atoms with E-state index in [2.05, 4.69) is 24.8 Å². The summed E-state index contributed by atoms with van der Waals surface area (Å²) in [4.78, 5) is 19.7. The maximum absolute atomic E-state index is 5.82. The minimum absolute atomic E-state index is 0.296. The van der Waals surface area contributed by atoms with Crippen molar-refractivity contribution in [2.75, 3.05) is 55.8 Å². The van der Waals surface area contributed by atoms with Gasteiger partial charge in [-0.15, -0.1) is 0 Å². The van der Waals surface area contributed by atoms with Crippen LogP contribution in [0.3, 0.4) is 0 Å². The van der Waals surface area contributed by atoms with Gasteiger partial charge in [-0.1, -0.05) is 6.42 Å². The molecule has 3 heterocycles. The molecule has 7 nitrogen and oxygen atoms in total. The van der Waals surface area contributed by atoms with Crippen LogP contribution >= 0.6 is 0 Å². The van der Waals surface area contributed by atoms with Crippen LogP contribution in [0.1, 0.15) is 25.7 Å². The van der Waals surface area contributed by atoms with Crippen molar-refractivity contribution < 1.29 is 0 Å². The minimum Gasteiger partial charge on any atom is -0.368 e. The van der Waals surface area contributed by atoms with E-state index in [1.165, 1.54) is 38.8 Å². The number of piperidine rings is 1. The number of nitrogens with zero attached hydrogens (tertiary/aromatic N) is 6. The highest BCUT2D eigenvalue weighted by Crippen LogP contribution is 2.24. The summed E-state index contributed by atoms with van der Waals surface area (Å²) in [5.41, 5.74) is 5.82. The molecule has 2 aliphatic rings. The van der Waals surface area contributed by atoms with E-state index in [4.69, 9.17) is 5.73 Å². The Morgan fingerprint density at radius 1 is 1.05 bits per heavy atom. The molecule has 116 valence electrons. The van der Waals surface area contributed by atoms with Gasteiger partial charge in [-0.3, -0.25) is 4.90 Å². The van der Waals surface area contributed by atoms with Crippen molar-refractivity contribution in [3.63, 3.8) is 0 Å². The van der Waals surface area contributed by atoms with Crippen molar-refractivity contribution in [3.8, 4) is 0 Å². The molecule has 2 saturated heterocycles. The largest absolute Gasteiger partial charge is 0.368 e. The van der Waals surface area contributed by atoms with E-state index >= 15 is 0 Å². The molecule has 3 rings (SSSR count). The number of aromatic nitrogens is 3. The van der Waals surface area contributed by atoms with Crippen LogP contribution in [0, 0.1) is 0 Å². The first-order chi connectivity index (χ1) is 10.1. The third-order valence-electron chi connectivity index (χ3n) is 4.38. The molecule has 21 heavy (non-hydrogen) atoms. The molecule has 2 N–H and O–H groups in total. The van der Waals surface area contributed by atoms with Gasteiger partial charge in [0.05, 0.1) is 0 Å². The number of rotatable bonds is 3. The Hall–Kier alpha value is -1.63. The van der Waals surface area contributed by atoms with Gasteiger partial charge in [0.1, 0.15) is 0 Å². The second kappa shape index (κ2) is 6.01. The smallest absolute Gasteiger partial charge is 0.232 e. The average molecular weight is 291 g/mol. The molecule has 7 heteroatoms. The van der Waals surface area contributed by atoms with Gasteiger partial charge in [-0.05, 0) is 32.4 Å². The lowest BCUT2D eigenvalue weighted by Crippen LogP contribution is -2.41. The second-order valence-corrected chi connectivity index (χ2v) is 6.17. The van der Waals surface area contributed by atoms with E-state index in [1.54, 1.807) is 0 Å². The summed E-state index contributed by atoms with van der Waals surface area (Å²) in [5.74, 6) is 1.63. The highest BCUT2D eigenvalue weighted by Gasteiger charge is 2.30. The topological polar surface area (TPSA) is 74.4 Å². The van der Waals surface area contributed by atoms with Crippen LogP contribution in [-0.4, -0.2) is 66.2 Å². The molecular formula is C14H25N7. The molecule has 1 aromatic heterocycles. The SMILES string of the molecule is CN(C)c1nc(N)nc(N2CCC(N3CCCCC3)C2)n1. The van der Waals surface area contributed by atoms with E-state index in [0.717, 1.165) is 13.1 Å².